The molecule has 0 saturated heterocycles. The van der Waals surface area contributed by atoms with E-state index in [9.17, 15) is 14.4 Å². The summed E-state index contributed by atoms with van der Waals surface area (Å²) in [6.45, 7) is 1.82. The molecule has 0 bridgehead atoms. The second-order valence-corrected chi connectivity index (χ2v) is 12.7. The molecule has 0 aliphatic rings. The van der Waals surface area contributed by atoms with Crippen LogP contribution in [0.2, 0.25) is 10.0 Å². The van der Waals surface area contributed by atoms with Crippen molar-refractivity contribution in [2.75, 3.05) is 10.6 Å². The number of rotatable bonds is 10. The molecular weight excluding hydrogens is 649 g/mol. The van der Waals surface area contributed by atoms with Gasteiger partial charge in [0, 0.05) is 16.1 Å². The predicted molar refractivity (Wildman–Crippen MR) is 182 cm³/mol. The summed E-state index contributed by atoms with van der Waals surface area (Å²) in [7, 11) is 0. The van der Waals surface area contributed by atoms with Gasteiger partial charge in [-0.05, 0) is 66.6 Å². The molecule has 0 aliphatic carbocycles. The summed E-state index contributed by atoms with van der Waals surface area (Å²) in [6.07, 6.45) is 1.47. The second kappa shape index (κ2) is 15.0. The SMILES string of the molecule is Cc1nnc(NC(=O)C(Sc2ccc(NC(=O)/C(=C/c3cccc(Cl)c3Cl)NC(=O)c3ccccc3)cc2)c2ccccc2)s1. The van der Waals surface area contributed by atoms with Gasteiger partial charge in [0.25, 0.3) is 11.8 Å². The van der Waals surface area contributed by atoms with E-state index in [-0.39, 0.29) is 16.6 Å². The van der Waals surface area contributed by atoms with Crippen LogP contribution in [0.5, 0.6) is 0 Å². The van der Waals surface area contributed by atoms with E-state index in [1.807, 2.05) is 37.3 Å². The molecule has 1 atom stereocenters. The highest BCUT2D eigenvalue weighted by atomic mass is 35.5. The van der Waals surface area contributed by atoms with E-state index in [0.29, 0.717) is 27.0 Å². The number of nitrogens with zero attached hydrogens (tertiary/aromatic N) is 2. The van der Waals surface area contributed by atoms with Crippen molar-refractivity contribution in [3.63, 3.8) is 0 Å². The number of carbonyl (C=O) groups is 3. The zero-order valence-corrected chi connectivity index (χ0v) is 26.8. The number of halogens is 2. The fraction of sp³-hybridized carbons (Fsp3) is 0.0606. The lowest BCUT2D eigenvalue weighted by Gasteiger charge is -2.16. The van der Waals surface area contributed by atoms with Gasteiger partial charge in [-0.25, -0.2) is 0 Å². The summed E-state index contributed by atoms with van der Waals surface area (Å²) in [6, 6.07) is 30.0. The van der Waals surface area contributed by atoms with E-state index < -0.39 is 17.1 Å². The molecule has 8 nitrogen and oxygen atoms in total. The van der Waals surface area contributed by atoms with Crippen molar-refractivity contribution in [3.05, 3.63) is 141 Å². The Kier molecular flexibility index (Phi) is 10.6. The van der Waals surface area contributed by atoms with Crippen molar-refractivity contribution in [2.45, 2.75) is 17.1 Å². The van der Waals surface area contributed by atoms with Crippen molar-refractivity contribution >= 4 is 80.9 Å². The molecule has 5 rings (SSSR count). The van der Waals surface area contributed by atoms with Gasteiger partial charge < -0.3 is 10.6 Å². The third kappa shape index (κ3) is 8.58. The van der Waals surface area contributed by atoms with Crippen LogP contribution >= 0.6 is 46.3 Å². The zero-order chi connectivity index (χ0) is 31.8. The van der Waals surface area contributed by atoms with Gasteiger partial charge in [0.15, 0.2) is 0 Å². The lowest BCUT2D eigenvalue weighted by Crippen LogP contribution is -2.30. The first-order chi connectivity index (χ1) is 21.8. The van der Waals surface area contributed by atoms with Crippen LogP contribution in [-0.4, -0.2) is 27.9 Å². The van der Waals surface area contributed by atoms with E-state index in [0.717, 1.165) is 15.5 Å². The second-order valence-electron chi connectivity index (χ2n) is 9.52. The minimum atomic E-state index is -0.568. The number of benzene rings is 4. The molecule has 0 fully saturated rings. The Morgan fingerprint density at radius 3 is 2.18 bits per heavy atom. The largest absolute Gasteiger partial charge is 0.321 e. The lowest BCUT2D eigenvalue weighted by molar-refractivity contribution is -0.116. The third-order valence-corrected chi connectivity index (χ3v) is 9.13. The van der Waals surface area contributed by atoms with Gasteiger partial charge in [-0.2, -0.15) is 0 Å². The molecule has 0 spiro atoms. The monoisotopic (exact) mass is 673 g/mol. The molecule has 3 N–H and O–H groups in total. The molecule has 5 aromatic rings. The van der Waals surface area contributed by atoms with Gasteiger partial charge in [0.05, 0.1) is 10.0 Å². The average Bonchev–Trinajstić information content (AvgIpc) is 3.47. The first kappa shape index (κ1) is 31.9. The van der Waals surface area contributed by atoms with Crippen LogP contribution in [0, 0.1) is 6.92 Å². The minimum Gasteiger partial charge on any atom is -0.321 e. The lowest BCUT2D eigenvalue weighted by atomic mass is 10.1. The molecule has 0 radical (unpaired) electrons. The van der Waals surface area contributed by atoms with Crippen LogP contribution in [0.15, 0.2) is 114 Å². The number of amides is 3. The number of hydrogen-bond donors (Lipinski definition) is 3. The fourth-order valence-corrected chi connectivity index (χ4v) is 6.08. The Morgan fingerprint density at radius 2 is 1.51 bits per heavy atom. The van der Waals surface area contributed by atoms with Crippen LogP contribution in [0.25, 0.3) is 6.08 Å². The van der Waals surface area contributed by atoms with E-state index >= 15 is 0 Å². The standard InChI is InChI=1S/C33H25Cl2N5O3S2/c1-20-39-40-33(44-20)38-32(43)29(21-9-4-2-5-10-21)45-25-17-15-24(16-18-25)36-31(42)27(19-23-13-8-14-26(34)28(23)35)37-30(41)22-11-6-3-7-12-22/h2-19,29H,1H3,(H,36,42)(H,37,41)(H,38,40,43)/b27-19-. The Bertz CT molecular complexity index is 1850. The molecule has 1 aromatic heterocycles. The number of carbonyl (C=O) groups excluding carboxylic acids is 3. The molecule has 1 unspecified atom stereocenters. The van der Waals surface area contributed by atoms with Gasteiger partial charge in [-0.3, -0.25) is 19.7 Å². The van der Waals surface area contributed by atoms with Crippen LogP contribution in [0.3, 0.4) is 0 Å². The number of thioether (sulfide) groups is 1. The Hall–Kier alpha value is -4.48. The number of aromatic nitrogens is 2. The maximum absolute atomic E-state index is 13.5. The predicted octanol–water partition coefficient (Wildman–Crippen LogP) is 8.04. The van der Waals surface area contributed by atoms with Crippen LogP contribution < -0.4 is 16.0 Å². The summed E-state index contributed by atoms with van der Waals surface area (Å²) in [4.78, 5) is 40.5. The van der Waals surface area contributed by atoms with Crippen LogP contribution in [-0.2, 0) is 9.59 Å². The molecule has 4 aromatic carbocycles. The summed E-state index contributed by atoms with van der Waals surface area (Å²) >= 11 is 15.2. The number of aryl methyl sites for hydroxylation is 1. The highest BCUT2D eigenvalue weighted by molar-refractivity contribution is 8.00. The zero-order valence-electron chi connectivity index (χ0n) is 23.7. The van der Waals surface area contributed by atoms with Gasteiger partial charge in [0.2, 0.25) is 11.0 Å². The van der Waals surface area contributed by atoms with Gasteiger partial charge >= 0.3 is 0 Å². The van der Waals surface area contributed by atoms with Crippen molar-refractivity contribution in [1.82, 2.24) is 15.5 Å². The summed E-state index contributed by atoms with van der Waals surface area (Å²) < 4.78 is 0. The van der Waals surface area contributed by atoms with E-state index in [1.54, 1.807) is 72.8 Å². The van der Waals surface area contributed by atoms with E-state index in [4.69, 9.17) is 23.2 Å². The summed E-state index contributed by atoms with van der Waals surface area (Å²) in [5, 5.41) is 17.5. The molecule has 45 heavy (non-hydrogen) atoms. The fourth-order valence-electron chi connectivity index (χ4n) is 4.10. The van der Waals surface area contributed by atoms with Crippen molar-refractivity contribution in [3.8, 4) is 0 Å². The number of nitrogens with one attached hydrogen (secondary N) is 3. The van der Waals surface area contributed by atoms with Gasteiger partial charge in [-0.1, -0.05) is 95.2 Å². The molecule has 0 saturated carbocycles. The van der Waals surface area contributed by atoms with Crippen molar-refractivity contribution < 1.29 is 14.4 Å². The molecule has 0 aliphatic heterocycles. The Balaban J connectivity index is 1.34. The Morgan fingerprint density at radius 1 is 0.822 bits per heavy atom. The summed E-state index contributed by atoms with van der Waals surface area (Å²) in [5.74, 6) is -1.26. The maximum Gasteiger partial charge on any atom is 0.272 e. The molecular formula is C33H25Cl2N5O3S2. The van der Waals surface area contributed by atoms with Crippen LogP contribution in [0.1, 0.15) is 31.7 Å². The van der Waals surface area contributed by atoms with Crippen molar-refractivity contribution in [1.29, 1.82) is 0 Å². The van der Waals surface area contributed by atoms with Gasteiger partial charge in [0.1, 0.15) is 16.0 Å². The smallest absolute Gasteiger partial charge is 0.272 e. The normalized spacial score (nSPS) is 11.8. The third-order valence-electron chi connectivity index (χ3n) is 6.27. The average molecular weight is 675 g/mol. The minimum absolute atomic E-state index is 0.0285. The topological polar surface area (TPSA) is 113 Å². The molecule has 12 heteroatoms. The van der Waals surface area contributed by atoms with Crippen LogP contribution in [0.4, 0.5) is 10.8 Å². The maximum atomic E-state index is 13.5. The molecule has 1 heterocycles. The Labute approximate surface area is 277 Å². The highest BCUT2D eigenvalue weighted by Crippen LogP contribution is 2.37. The van der Waals surface area contributed by atoms with E-state index in [2.05, 4.69) is 26.1 Å². The highest BCUT2D eigenvalue weighted by Gasteiger charge is 2.23. The first-order valence-corrected chi connectivity index (χ1v) is 16.0. The van der Waals surface area contributed by atoms with E-state index in [1.165, 1.54) is 29.2 Å². The number of anilines is 2. The van der Waals surface area contributed by atoms with Gasteiger partial charge in [-0.15, -0.1) is 22.0 Å². The van der Waals surface area contributed by atoms with Crippen molar-refractivity contribution in [2.24, 2.45) is 0 Å². The quantitative estimate of drug-likeness (QED) is 0.102. The molecule has 226 valence electrons. The first-order valence-electron chi connectivity index (χ1n) is 13.5. The number of hydrogen-bond acceptors (Lipinski definition) is 7. The molecule has 3 amide bonds. The summed E-state index contributed by atoms with van der Waals surface area (Å²) in [5.41, 5.74) is 2.12.